The fourth-order valence-electron chi connectivity index (χ4n) is 3.53. The maximum Gasteiger partial charge on any atom is 0.322 e. The summed E-state index contributed by atoms with van der Waals surface area (Å²) in [6, 6.07) is 9.46. The first-order chi connectivity index (χ1) is 12.8. The van der Waals surface area contributed by atoms with E-state index in [1.54, 1.807) is 12.1 Å². The minimum absolute atomic E-state index is 0.0421. The van der Waals surface area contributed by atoms with Gasteiger partial charge in [0.1, 0.15) is 5.75 Å². The van der Waals surface area contributed by atoms with E-state index in [2.05, 4.69) is 10.6 Å². The molecule has 7 nitrogen and oxygen atoms in total. The number of carbonyl (C=O) groups is 3. The number of phenolic OH excluding ortho intramolecular Hbond substituents is 1. The lowest BCUT2D eigenvalue weighted by Gasteiger charge is -2.31. The third kappa shape index (κ3) is 2.71. The molecule has 8 heteroatoms. The summed E-state index contributed by atoms with van der Waals surface area (Å²) in [4.78, 5) is 38.8. The Morgan fingerprint density at radius 1 is 1.19 bits per heavy atom. The predicted molar refractivity (Wildman–Crippen MR) is 97.4 cm³/mol. The summed E-state index contributed by atoms with van der Waals surface area (Å²) in [6.07, 6.45) is 0. The van der Waals surface area contributed by atoms with Crippen LogP contribution in [0.2, 0.25) is 5.02 Å². The zero-order chi connectivity index (χ0) is 19.3. The number of aromatic hydroxyl groups is 1. The van der Waals surface area contributed by atoms with Crippen LogP contribution in [-0.2, 0) is 16.9 Å². The lowest BCUT2D eigenvalue weighted by molar-refractivity contribution is -0.124. The number of halogens is 1. The van der Waals surface area contributed by atoms with Gasteiger partial charge < -0.3 is 15.3 Å². The summed E-state index contributed by atoms with van der Waals surface area (Å²) in [6.45, 7) is 2.08. The van der Waals surface area contributed by atoms with Gasteiger partial charge in [-0.25, -0.2) is 4.79 Å². The van der Waals surface area contributed by atoms with E-state index < -0.39 is 17.5 Å². The highest BCUT2D eigenvalue weighted by atomic mass is 35.5. The molecule has 27 heavy (non-hydrogen) atoms. The lowest BCUT2D eigenvalue weighted by Crippen LogP contribution is -2.52. The van der Waals surface area contributed by atoms with Gasteiger partial charge in [0.25, 0.3) is 11.8 Å². The zero-order valence-electron chi connectivity index (χ0n) is 14.4. The number of amides is 4. The van der Waals surface area contributed by atoms with Crippen molar-refractivity contribution in [1.82, 2.24) is 15.5 Å². The number of carbonyl (C=O) groups excluding carboxylic acids is 3. The Labute approximate surface area is 159 Å². The van der Waals surface area contributed by atoms with Crippen molar-refractivity contribution in [2.75, 3.05) is 6.54 Å². The Morgan fingerprint density at radius 2 is 1.89 bits per heavy atom. The molecule has 4 amide bonds. The van der Waals surface area contributed by atoms with Crippen LogP contribution < -0.4 is 10.6 Å². The van der Waals surface area contributed by atoms with Crippen molar-refractivity contribution in [1.29, 1.82) is 0 Å². The van der Waals surface area contributed by atoms with Crippen molar-refractivity contribution in [3.05, 3.63) is 63.7 Å². The number of hydrogen-bond donors (Lipinski definition) is 3. The average Bonchev–Trinajstić information content (AvgIpc) is 3.06. The van der Waals surface area contributed by atoms with Gasteiger partial charge in [0.15, 0.2) is 5.54 Å². The molecule has 1 unspecified atom stereocenters. The molecule has 3 N–H and O–H groups in total. The first-order valence-electron chi connectivity index (χ1n) is 8.31. The van der Waals surface area contributed by atoms with Crippen molar-refractivity contribution in [3.8, 4) is 5.75 Å². The summed E-state index contributed by atoms with van der Waals surface area (Å²) in [5.74, 6) is -0.932. The van der Waals surface area contributed by atoms with Gasteiger partial charge in [-0.1, -0.05) is 41.4 Å². The second-order valence-electron chi connectivity index (χ2n) is 6.80. The van der Waals surface area contributed by atoms with Crippen LogP contribution in [0, 0.1) is 6.92 Å². The second-order valence-corrected chi connectivity index (χ2v) is 7.21. The molecule has 1 atom stereocenters. The van der Waals surface area contributed by atoms with Gasteiger partial charge in [-0.15, -0.1) is 0 Å². The van der Waals surface area contributed by atoms with E-state index >= 15 is 0 Å². The zero-order valence-corrected chi connectivity index (χ0v) is 15.1. The maximum absolute atomic E-state index is 12.8. The van der Waals surface area contributed by atoms with Crippen LogP contribution in [0.1, 0.15) is 27.0 Å². The van der Waals surface area contributed by atoms with Gasteiger partial charge in [-0.2, -0.15) is 0 Å². The highest BCUT2D eigenvalue weighted by Gasteiger charge is 2.50. The lowest BCUT2D eigenvalue weighted by atomic mass is 9.88. The monoisotopic (exact) mass is 385 g/mol. The highest BCUT2D eigenvalue weighted by Crippen LogP contribution is 2.35. The molecule has 2 heterocycles. The average molecular weight is 386 g/mol. The fourth-order valence-corrected chi connectivity index (χ4v) is 3.70. The standard InChI is InChI=1S/C19H16ClN3O4/c1-10-2-4-12(5-3-10)19(17(26)21-18(27)22-19)9-23-8-11-6-15(24)14(20)7-13(11)16(23)25/h2-7,24H,8-9H2,1H3,(H2,21,22,26,27). The van der Waals surface area contributed by atoms with E-state index in [1.807, 2.05) is 19.1 Å². The number of hydrogen-bond acceptors (Lipinski definition) is 4. The van der Waals surface area contributed by atoms with E-state index in [0.717, 1.165) is 5.56 Å². The molecule has 4 rings (SSSR count). The van der Waals surface area contributed by atoms with Crippen LogP contribution in [-0.4, -0.2) is 34.4 Å². The van der Waals surface area contributed by atoms with E-state index in [9.17, 15) is 19.5 Å². The van der Waals surface area contributed by atoms with Gasteiger partial charge in [0.05, 0.1) is 11.6 Å². The SMILES string of the molecule is Cc1ccc(C2(CN3Cc4cc(O)c(Cl)cc4C3=O)NC(=O)NC2=O)cc1. The van der Waals surface area contributed by atoms with Crippen molar-refractivity contribution in [3.63, 3.8) is 0 Å². The molecule has 2 aliphatic heterocycles. The molecule has 138 valence electrons. The number of rotatable bonds is 3. The van der Waals surface area contributed by atoms with Crippen molar-refractivity contribution in [2.24, 2.45) is 0 Å². The third-order valence-corrected chi connectivity index (χ3v) is 5.27. The summed E-state index contributed by atoms with van der Waals surface area (Å²) in [5.41, 5.74) is 1.20. The Hall–Kier alpha value is -3.06. The van der Waals surface area contributed by atoms with Crippen molar-refractivity contribution < 1.29 is 19.5 Å². The summed E-state index contributed by atoms with van der Waals surface area (Å²) in [5, 5.41) is 14.8. The maximum atomic E-state index is 12.8. The number of phenols is 1. The van der Waals surface area contributed by atoms with Gasteiger partial charge in [0, 0.05) is 12.1 Å². The van der Waals surface area contributed by atoms with Crippen LogP contribution in [0.5, 0.6) is 5.75 Å². The molecule has 1 saturated heterocycles. The molecule has 1 fully saturated rings. The van der Waals surface area contributed by atoms with Crippen LogP contribution in [0.4, 0.5) is 4.79 Å². The first kappa shape index (κ1) is 17.4. The highest BCUT2D eigenvalue weighted by molar-refractivity contribution is 6.32. The number of fused-ring (bicyclic) bond motifs is 1. The number of urea groups is 1. The first-order valence-corrected chi connectivity index (χ1v) is 8.69. The number of imide groups is 1. The Bertz CT molecular complexity index is 989. The minimum Gasteiger partial charge on any atom is -0.506 e. The second kappa shape index (κ2) is 5.99. The molecular formula is C19H16ClN3O4. The van der Waals surface area contributed by atoms with Crippen molar-refractivity contribution >= 4 is 29.4 Å². The molecule has 0 aromatic heterocycles. The quantitative estimate of drug-likeness (QED) is 0.704. The van der Waals surface area contributed by atoms with E-state index in [-0.39, 0.29) is 29.8 Å². The van der Waals surface area contributed by atoms with Gasteiger partial charge in [0.2, 0.25) is 0 Å². The van der Waals surface area contributed by atoms with Crippen LogP contribution in [0.15, 0.2) is 36.4 Å². The Kier molecular flexibility index (Phi) is 3.85. The molecule has 2 aromatic carbocycles. The molecule has 0 spiro atoms. The van der Waals surface area contributed by atoms with E-state index in [4.69, 9.17) is 11.6 Å². The number of benzene rings is 2. The summed E-state index contributed by atoms with van der Waals surface area (Å²) >= 11 is 5.91. The Balaban J connectivity index is 1.72. The molecule has 0 radical (unpaired) electrons. The van der Waals surface area contributed by atoms with E-state index in [0.29, 0.717) is 16.7 Å². The normalized spacial score (nSPS) is 21.3. The van der Waals surface area contributed by atoms with E-state index in [1.165, 1.54) is 17.0 Å². The number of aryl methyl sites for hydroxylation is 1. The molecule has 2 aromatic rings. The minimum atomic E-state index is -1.38. The van der Waals surface area contributed by atoms with Crippen molar-refractivity contribution in [2.45, 2.75) is 19.0 Å². The topological polar surface area (TPSA) is 98.7 Å². The number of nitrogens with zero attached hydrogens (tertiary/aromatic N) is 1. The summed E-state index contributed by atoms with van der Waals surface area (Å²) in [7, 11) is 0. The molecule has 0 aliphatic carbocycles. The number of nitrogens with one attached hydrogen (secondary N) is 2. The largest absolute Gasteiger partial charge is 0.506 e. The smallest absolute Gasteiger partial charge is 0.322 e. The third-order valence-electron chi connectivity index (χ3n) is 4.97. The van der Waals surface area contributed by atoms with Crippen LogP contribution in [0.3, 0.4) is 0 Å². The molecule has 0 bridgehead atoms. The predicted octanol–water partition coefficient (Wildman–Crippen LogP) is 2.04. The van der Waals surface area contributed by atoms with Crippen LogP contribution >= 0.6 is 11.6 Å². The summed E-state index contributed by atoms with van der Waals surface area (Å²) < 4.78 is 0. The molecule has 2 aliphatic rings. The molecular weight excluding hydrogens is 370 g/mol. The Morgan fingerprint density at radius 3 is 2.52 bits per heavy atom. The van der Waals surface area contributed by atoms with Gasteiger partial charge >= 0.3 is 6.03 Å². The van der Waals surface area contributed by atoms with Gasteiger partial charge in [-0.3, -0.25) is 14.9 Å². The van der Waals surface area contributed by atoms with Crippen LogP contribution in [0.25, 0.3) is 0 Å². The fraction of sp³-hybridized carbons (Fsp3) is 0.211. The molecule has 0 saturated carbocycles. The van der Waals surface area contributed by atoms with Gasteiger partial charge in [-0.05, 0) is 30.2 Å².